The third kappa shape index (κ3) is 2.35. The minimum Gasteiger partial charge on any atom is -0.387 e. The number of aliphatic hydroxyl groups is 1. The lowest BCUT2D eigenvalue weighted by Crippen LogP contribution is -2.37. The van der Waals surface area contributed by atoms with E-state index in [0.29, 0.717) is 0 Å². The monoisotopic (exact) mass is 222 g/mol. The molecule has 1 aliphatic heterocycles. The number of hydrogen-bond donors (Lipinski definition) is 2. The maximum atomic E-state index is 9.86. The van der Waals surface area contributed by atoms with Gasteiger partial charge in [-0.05, 0) is 6.07 Å². The number of nitrogens with zero attached hydrogens (tertiary/aromatic N) is 1. The van der Waals surface area contributed by atoms with Crippen LogP contribution in [-0.2, 0) is 4.74 Å². The van der Waals surface area contributed by atoms with Crippen LogP contribution >= 0.6 is 0 Å². The largest absolute Gasteiger partial charge is 0.387 e. The normalized spacial score (nSPS) is 18.5. The van der Waals surface area contributed by atoms with Crippen LogP contribution in [0, 0.1) is 0 Å². The smallest absolute Gasteiger partial charge is 0.0932 e. The van der Waals surface area contributed by atoms with Gasteiger partial charge in [-0.1, -0.05) is 18.2 Å². The molecule has 1 unspecified atom stereocenters. The molecule has 0 amide bonds. The molecule has 2 rings (SSSR count). The van der Waals surface area contributed by atoms with Gasteiger partial charge in [0.1, 0.15) is 0 Å². The number of morpholine rings is 1. The van der Waals surface area contributed by atoms with E-state index in [2.05, 4.69) is 4.90 Å². The fourth-order valence-electron chi connectivity index (χ4n) is 1.99. The summed E-state index contributed by atoms with van der Waals surface area (Å²) < 4.78 is 5.32. The number of anilines is 1. The van der Waals surface area contributed by atoms with Gasteiger partial charge in [-0.3, -0.25) is 0 Å². The van der Waals surface area contributed by atoms with Gasteiger partial charge in [0.25, 0.3) is 0 Å². The number of benzene rings is 1. The predicted molar refractivity (Wildman–Crippen MR) is 63.5 cm³/mol. The molecule has 16 heavy (non-hydrogen) atoms. The van der Waals surface area contributed by atoms with Crippen LogP contribution in [0.2, 0.25) is 0 Å². The van der Waals surface area contributed by atoms with E-state index < -0.39 is 6.10 Å². The lowest BCUT2D eigenvalue weighted by Gasteiger charge is -2.31. The van der Waals surface area contributed by atoms with Crippen LogP contribution in [0.3, 0.4) is 0 Å². The van der Waals surface area contributed by atoms with Crippen LogP contribution in [-0.4, -0.2) is 38.0 Å². The highest BCUT2D eigenvalue weighted by Crippen LogP contribution is 2.26. The van der Waals surface area contributed by atoms with Gasteiger partial charge in [0.05, 0.1) is 19.3 Å². The Labute approximate surface area is 95.6 Å². The number of ether oxygens (including phenoxy) is 1. The third-order valence-corrected chi connectivity index (χ3v) is 2.87. The zero-order valence-corrected chi connectivity index (χ0v) is 9.30. The van der Waals surface area contributed by atoms with Crippen LogP contribution in [0.25, 0.3) is 0 Å². The zero-order valence-electron chi connectivity index (χ0n) is 9.30. The Bertz CT molecular complexity index is 338. The molecule has 4 nitrogen and oxygen atoms in total. The summed E-state index contributed by atoms with van der Waals surface area (Å²) in [6.07, 6.45) is -0.584. The summed E-state index contributed by atoms with van der Waals surface area (Å²) in [6.45, 7) is 3.48. The van der Waals surface area contributed by atoms with Crippen molar-refractivity contribution >= 4 is 5.69 Å². The first-order chi connectivity index (χ1) is 7.83. The van der Waals surface area contributed by atoms with E-state index in [9.17, 15) is 5.11 Å². The van der Waals surface area contributed by atoms with Gasteiger partial charge in [0.15, 0.2) is 0 Å². The highest BCUT2D eigenvalue weighted by Gasteiger charge is 2.17. The predicted octanol–water partition coefficient (Wildman–Crippen LogP) is 0.515. The summed E-state index contributed by atoms with van der Waals surface area (Å²) in [5.74, 6) is 0. The van der Waals surface area contributed by atoms with Crippen molar-refractivity contribution in [3.05, 3.63) is 29.8 Å². The molecule has 0 saturated carbocycles. The summed E-state index contributed by atoms with van der Waals surface area (Å²) in [5, 5.41) is 9.86. The molecule has 1 saturated heterocycles. The van der Waals surface area contributed by atoms with E-state index in [0.717, 1.165) is 37.6 Å². The SMILES string of the molecule is NCC(O)c1ccccc1N1CCOCC1. The minimum atomic E-state index is -0.584. The highest BCUT2D eigenvalue weighted by atomic mass is 16.5. The molecular weight excluding hydrogens is 204 g/mol. The topological polar surface area (TPSA) is 58.7 Å². The summed E-state index contributed by atoms with van der Waals surface area (Å²) in [7, 11) is 0. The van der Waals surface area contributed by atoms with Gasteiger partial charge in [0, 0.05) is 30.9 Å². The fourth-order valence-corrected chi connectivity index (χ4v) is 1.99. The molecule has 1 aromatic rings. The zero-order chi connectivity index (χ0) is 11.4. The quantitative estimate of drug-likeness (QED) is 0.782. The van der Waals surface area contributed by atoms with Crippen molar-refractivity contribution in [3.8, 4) is 0 Å². The van der Waals surface area contributed by atoms with E-state index in [1.165, 1.54) is 0 Å². The number of hydrogen-bond acceptors (Lipinski definition) is 4. The third-order valence-electron chi connectivity index (χ3n) is 2.87. The molecule has 0 radical (unpaired) electrons. The first kappa shape index (κ1) is 11.4. The fraction of sp³-hybridized carbons (Fsp3) is 0.500. The molecule has 1 heterocycles. The number of para-hydroxylation sites is 1. The van der Waals surface area contributed by atoms with Crippen LogP contribution in [0.15, 0.2) is 24.3 Å². The van der Waals surface area contributed by atoms with Gasteiger partial charge in [-0.15, -0.1) is 0 Å². The van der Waals surface area contributed by atoms with Gasteiger partial charge in [-0.2, -0.15) is 0 Å². The Morgan fingerprint density at radius 3 is 2.69 bits per heavy atom. The second-order valence-electron chi connectivity index (χ2n) is 3.91. The van der Waals surface area contributed by atoms with Crippen LogP contribution in [0.5, 0.6) is 0 Å². The van der Waals surface area contributed by atoms with Crippen molar-refractivity contribution in [2.45, 2.75) is 6.10 Å². The molecule has 0 aliphatic carbocycles. The van der Waals surface area contributed by atoms with Crippen LogP contribution < -0.4 is 10.6 Å². The maximum Gasteiger partial charge on any atom is 0.0932 e. The van der Waals surface area contributed by atoms with Crippen molar-refractivity contribution in [1.29, 1.82) is 0 Å². The number of aliphatic hydroxyl groups excluding tert-OH is 1. The van der Waals surface area contributed by atoms with Crippen molar-refractivity contribution in [1.82, 2.24) is 0 Å². The van der Waals surface area contributed by atoms with Crippen molar-refractivity contribution in [2.75, 3.05) is 37.7 Å². The van der Waals surface area contributed by atoms with Crippen molar-refractivity contribution in [3.63, 3.8) is 0 Å². The summed E-state index contributed by atoms with van der Waals surface area (Å²) in [6, 6.07) is 7.87. The number of nitrogens with two attached hydrogens (primary N) is 1. The Morgan fingerprint density at radius 1 is 1.31 bits per heavy atom. The lowest BCUT2D eigenvalue weighted by atomic mass is 10.1. The second-order valence-corrected chi connectivity index (χ2v) is 3.91. The van der Waals surface area contributed by atoms with Gasteiger partial charge >= 0.3 is 0 Å². The highest BCUT2D eigenvalue weighted by molar-refractivity contribution is 5.55. The second kappa shape index (κ2) is 5.30. The molecule has 1 aliphatic rings. The van der Waals surface area contributed by atoms with Crippen molar-refractivity contribution < 1.29 is 9.84 Å². The van der Waals surface area contributed by atoms with Gasteiger partial charge in [0.2, 0.25) is 0 Å². The van der Waals surface area contributed by atoms with Crippen LogP contribution in [0.1, 0.15) is 11.7 Å². The summed E-state index contributed by atoms with van der Waals surface area (Å²) >= 11 is 0. The molecule has 4 heteroatoms. The van der Waals surface area contributed by atoms with Crippen molar-refractivity contribution in [2.24, 2.45) is 5.73 Å². The molecule has 0 spiro atoms. The Kier molecular flexibility index (Phi) is 3.77. The Morgan fingerprint density at radius 2 is 2.00 bits per heavy atom. The lowest BCUT2D eigenvalue weighted by molar-refractivity contribution is 0.122. The van der Waals surface area contributed by atoms with E-state index in [1.807, 2.05) is 24.3 Å². The standard InChI is InChI=1S/C12H18N2O2/c13-9-12(15)10-3-1-2-4-11(10)14-5-7-16-8-6-14/h1-4,12,15H,5-9,13H2. The van der Waals surface area contributed by atoms with E-state index in [-0.39, 0.29) is 6.54 Å². The molecule has 1 aromatic carbocycles. The molecule has 1 fully saturated rings. The van der Waals surface area contributed by atoms with Gasteiger partial charge < -0.3 is 20.5 Å². The van der Waals surface area contributed by atoms with E-state index in [1.54, 1.807) is 0 Å². The average molecular weight is 222 g/mol. The summed E-state index contributed by atoms with van der Waals surface area (Å²) in [5.41, 5.74) is 7.49. The summed E-state index contributed by atoms with van der Waals surface area (Å²) in [4.78, 5) is 2.23. The average Bonchev–Trinajstić information content (AvgIpc) is 2.39. The molecule has 1 atom stereocenters. The molecule has 3 N–H and O–H groups in total. The first-order valence-electron chi connectivity index (χ1n) is 5.62. The maximum absolute atomic E-state index is 9.86. The molecule has 88 valence electrons. The van der Waals surface area contributed by atoms with E-state index >= 15 is 0 Å². The van der Waals surface area contributed by atoms with Crippen LogP contribution in [0.4, 0.5) is 5.69 Å². The Balaban J connectivity index is 2.24. The molecular formula is C12H18N2O2. The Hall–Kier alpha value is -1.10. The van der Waals surface area contributed by atoms with Gasteiger partial charge in [-0.25, -0.2) is 0 Å². The minimum absolute atomic E-state index is 0.251. The molecule has 0 aromatic heterocycles. The number of rotatable bonds is 3. The van der Waals surface area contributed by atoms with E-state index in [4.69, 9.17) is 10.5 Å². The first-order valence-corrected chi connectivity index (χ1v) is 5.62. The molecule has 0 bridgehead atoms.